The number of rotatable bonds is 6. The molecule has 0 saturated heterocycles. The van der Waals surface area contributed by atoms with Gasteiger partial charge in [-0.1, -0.05) is 6.07 Å². The molecule has 23 heavy (non-hydrogen) atoms. The molecule has 0 saturated carbocycles. The SMILES string of the molecule is COc1ncc(F)cc1CNc1ncccc1Cc1cc[nH]c1. The quantitative estimate of drug-likeness (QED) is 0.734. The molecule has 3 heterocycles. The molecule has 0 fully saturated rings. The summed E-state index contributed by atoms with van der Waals surface area (Å²) in [6.07, 6.45) is 7.47. The number of hydrogen-bond donors (Lipinski definition) is 2. The van der Waals surface area contributed by atoms with Crippen LogP contribution in [0.2, 0.25) is 0 Å². The van der Waals surface area contributed by atoms with Gasteiger partial charge in [0, 0.05) is 37.1 Å². The van der Waals surface area contributed by atoms with Crippen molar-refractivity contribution in [1.82, 2.24) is 15.0 Å². The van der Waals surface area contributed by atoms with Crippen LogP contribution in [0.15, 0.2) is 49.1 Å². The van der Waals surface area contributed by atoms with E-state index in [2.05, 4.69) is 20.3 Å². The zero-order chi connectivity index (χ0) is 16.1. The number of hydrogen-bond acceptors (Lipinski definition) is 4. The second-order valence-electron chi connectivity index (χ2n) is 5.08. The number of H-pyrrole nitrogens is 1. The number of nitrogens with one attached hydrogen (secondary N) is 2. The van der Waals surface area contributed by atoms with Gasteiger partial charge in [-0.05, 0) is 29.3 Å². The van der Waals surface area contributed by atoms with Gasteiger partial charge in [0.15, 0.2) is 0 Å². The molecular formula is C17H17FN4O. The topological polar surface area (TPSA) is 62.8 Å². The highest BCUT2D eigenvalue weighted by Crippen LogP contribution is 2.20. The third kappa shape index (κ3) is 3.66. The number of aromatic amines is 1. The molecule has 0 bridgehead atoms. The van der Waals surface area contributed by atoms with Crippen molar-refractivity contribution >= 4 is 5.82 Å². The van der Waals surface area contributed by atoms with Crippen molar-refractivity contribution in [3.8, 4) is 5.88 Å². The molecule has 0 aliphatic heterocycles. The van der Waals surface area contributed by atoms with E-state index in [0.717, 1.165) is 24.0 Å². The van der Waals surface area contributed by atoms with E-state index in [1.807, 2.05) is 30.6 Å². The number of aromatic nitrogens is 3. The molecule has 0 aliphatic carbocycles. The van der Waals surface area contributed by atoms with E-state index in [1.165, 1.54) is 18.7 Å². The van der Waals surface area contributed by atoms with Crippen LogP contribution in [-0.2, 0) is 13.0 Å². The molecule has 0 amide bonds. The predicted octanol–water partition coefficient (Wildman–Crippen LogP) is 3.16. The summed E-state index contributed by atoms with van der Waals surface area (Å²) < 4.78 is 18.5. The summed E-state index contributed by atoms with van der Waals surface area (Å²) in [5.74, 6) is 0.776. The average Bonchev–Trinajstić information content (AvgIpc) is 3.07. The third-order valence-electron chi connectivity index (χ3n) is 3.48. The van der Waals surface area contributed by atoms with E-state index in [9.17, 15) is 4.39 Å². The molecule has 0 unspecified atom stereocenters. The summed E-state index contributed by atoms with van der Waals surface area (Å²) in [5, 5.41) is 3.24. The maximum atomic E-state index is 13.4. The molecule has 2 N–H and O–H groups in total. The highest BCUT2D eigenvalue weighted by Gasteiger charge is 2.09. The fourth-order valence-electron chi connectivity index (χ4n) is 2.39. The molecule has 0 atom stereocenters. The standard InChI is InChI=1S/C17H17FN4O/c1-23-17-14(8-15(18)11-22-17)10-21-16-13(3-2-5-20-16)7-12-4-6-19-9-12/h2-6,8-9,11,19H,7,10H2,1H3,(H,20,21). The smallest absolute Gasteiger partial charge is 0.218 e. The summed E-state index contributed by atoms with van der Waals surface area (Å²) in [6, 6.07) is 7.35. The number of ether oxygens (including phenoxy) is 1. The van der Waals surface area contributed by atoms with Crippen molar-refractivity contribution in [3.63, 3.8) is 0 Å². The van der Waals surface area contributed by atoms with E-state index >= 15 is 0 Å². The lowest BCUT2D eigenvalue weighted by atomic mass is 10.1. The zero-order valence-electron chi connectivity index (χ0n) is 12.7. The first-order valence-electron chi connectivity index (χ1n) is 7.24. The van der Waals surface area contributed by atoms with E-state index in [0.29, 0.717) is 18.0 Å². The van der Waals surface area contributed by atoms with E-state index < -0.39 is 5.82 Å². The lowest BCUT2D eigenvalue weighted by Gasteiger charge is -2.12. The first-order valence-corrected chi connectivity index (χ1v) is 7.24. The molecule has 0 aliphatic rings. The first kappa shape index (κ1) is 15.0. The Morgan fingerprint density at radius 3 is 2.96 bits per heavy atom. The molecule has 6 heteroatoms. The number of nitrogens with zero attached hydrogens (tertiary/aromatic N) is 2. The summed E-state index contributed by atoms with van der Waals surface area (Å²) in [7, 11) is 1.52. The van der Waals surface area contributed by atoms with Crippen LogP contribution in [0.25, 0.3) is 0 Å². The second-order valence-corrected chi connectivity index (χ2v) is 5.08. The Hall–Kier alpha value is -2.89. The van der Waals surface area contributed by atoms with Crippen molar-refractivity contribution in [2.24, 2.45) is 0 Å². The Bertz CT molecular complexity index is 774. The van der Waals surface area contributed by atoms with Crippen molar-refractivity contribution < 1.29 is 9.13 Å². The van der Waals surface area contributed by atoms with Crippen molar-refractivity contribution in [2.75, 3.05) is 12.4 Å². The molecule has 0 aromatic carbocycles. The third-order valence-corrected chi connectivity index (χ3v) is 3.48. The van der Waals surface area contributed by atoms with E-state index in [4.69, 9.17) is 4.74 Å². The van der Waals surface area contributed by atoms with Gasteiger partial charge in [-0.2, -0.15) is 0 Å². The molecule has 3 rings (SSSR count). The van der Waals surface area contributed by atoms with Gasteiger partial charge in [0.05, 0.1) is 13.3 Å². The Kier molecular flexibility index (Phi) is 4.52. The summed E-state index contributed by atoms with van der Waals surface area (Å²) in [4.78, 5) is 11.3. The lowest BCUT2D eigenvalue weighted by Crippen LogP contribution is -2.07. The van der Waals surface area contributed by atoms with Gasteiger partial charge < -0.3 is 15.0 Å². The summed E-state index contributed by atoms with van der Waals surface area (Å²) in [5.41, 5.74) is 2.88. The van der Waals surface area contributed by atoms with Gasteiger partial charge in [-0.25, -0.2) is 14.4 Å². The molecule has 0 radical (unpaired) electrons. The molecule has 5 nitrogen and oxygen atoms in total. The van der Waals surface area contributed by atoms with Gasteiger partial charge in [0.25, 0.3) is 0 Å². The van der Waals surface area contributed by atoms with Crippen LogP contribution in [0.3, 0.4) is 0 Å². The number of anilines is 1. The summed E-state index contributed by atoms with van der Waals surface area (Å²) in [6.45, 7) is 0.380. The average molecular weight is 312 g/mol. The number of pyridine rings is 2. The fraction of sp³-hybridized carbons (Fsp3) is 0.176. The predicted molar refractivity (Wildman–Crippen MR) is 85.9 cm³/mol. The van der Waals surface area contributed by atoms with Crippen LogP contribution < -0.4 is 10.1 Å². The largest absolute Gasteiger partial charge is 0.481 e. The van der Waals surface area contributed by atoms with Crippen LogP contribution in [0.5, 0.6) is 5.88 Å². The van der Waals surface area contributed by atoms with Crippen LogP contribution in [0.1, 0.15) is 16.7 Å². The normalized spacial score (nSPS) is 10.5. The highest BCUT2D eigenvalue weighted by molar-refractivity contribution is 5.47. The molecular weight excluding hydrogens is 295 g/mol. The first-order chi connectivity index (χ1) is 11.3. The van der Waals surface area contributed by atoms with Crippen LogP contribution in [-0.4, -0.2) is 22.1 Å². The van der Waals surface area contributed by atoms with Crippen molar-refractivity contribution in [1.29, 1.82) is 0 Å². The van der Waals surface area contributed by atoms with E-state index in [1.54, 1.807) is 6.20 Å². The van der Waals surface area contributed by atoms with Crippen LogP contribution in [0, 0.1) is 5.82 Å². The Labute approximate surface area is 133 Å². The molecule has 118 valence electrons. The number of methoxy groups -OCH3 is 1. The summed E-state index contributed by atoms with van der Waals surface area (Å²) >= 11 is 0. The fourth-order valence-corrected chi connectivity index (χ4v) is 2.39. The van der Waals surface area contributed by atoms with Gasteiger partial charge >= 0.3 is 0 Å². The van der Waals surface area contributed by atoms with Gasteiger partial charge in [0.1, 0.15) is 11.6 Å². The maximum absolute atomic E-state index is 13.4. The van der Waals surface area contributed by atoms with E-state index in [-0.39, 0.29) is 0 Å². The van der Waals surface area contributed by atoms with Crippen LogP contribution in [0.4, 0.5) is 10.2 Å². The van der Waals surface area contributed by atoms with Gasteiger partial charge in [0.2, 0.25) is 5.88 Å². The van der Waals surface area contributed by atoms with Crippen LogP contribution >= 0.6 is 0 Å². The molecule has 0 spiro atoms. The molecule has 3 aromatic rings. The second kappa shape index (κ2) is 6.91. The maximum Gasteiger partial charge on any atom is 0.218 e. The Morgan fingerprint density at radius 1 is 1.26 bits per heavy atom. The minimum atomic E-state index is -0.392. The van der Waals surface area contributed by atoms with Crippen molar-refractivity contribution in [2.45, 2.75) is 13.0 Å². The molecule has 3 aromatic heterocycles. The Balaban J connectivity index is 1.77. The number of halogens is 1. The zero-order valence-corrected chi connectivity index (χ0v) is 12.7. The highest BCUT2D eigenvalue weighted by atomic mass is 19.1. The monoisotopic (exact) mass is 312 g/mol. The van der Waals surface area contributed by atoms with Gasteiger partial charge in [-0.15, -0.1) is 0 Å². The van der Waals surface area contributed by atoms with Crippen molar-refractivity contribution in [3.05, 3.63) is 71.6 Å². The lowest BCUT2D eigenvalue weighted by molar-refractivity contribution is 0.391. The van der Waals surface area contributed by atoms with Gasteiger partial charge in [-0.3, -0.25) is 0 Å². The minimum absolute atomic E-state index is 0.380. The Morgan fingerprint density at radius 2 is 2.17 bits per heavy atom. The minimum Gasteiger partial charge on any atom is -0.481 e.